The molecule has 0 heterocycles. The van der Waals surface area contributed by atoms with E-state index in [0.717, 1.165) is 0 Å². The summed E-state index contributed by atoms with van der Waals surface area (Å²) in [7, 11) is 0. The Morgan fingerprint density at radius 3 is 2.44 bits per heavy atom. The van der Waals surface area contributed by atoms with Gasteiger partial charge >= 0.3 is 6.18 Å². The number of nitrogens with one attached hydrogen (secondary N) is 1. The quantitative estimate of drug-likeness (QED) is 0.766. The third-order valence-electron chi connectivity index (χ3n) is 2.73. The van der Waals surface area contributed by atoms with Gasteiger partial charge in [0.15, 0.2) is 0 Å². The van der Waals surface area contributed by atoms with E-state index in [1.165, 1.54) is 0 Å². The Morgan fingerprint density at radius 1 is 1.50 bits per heavy atom. The summed E-state index contributed by atoms with van der Waals surface area (Å²) in [6, 6.07) is -0.0229. The summed E-state index contributed by atoms with van der Waals surface area (Å²) in [5.41, 5.74) is 3.54. The van der Waals surface area contributed by atoms with Crippen LogP contribution >= 0.6 is 0 Å². The molecule has 0 radical (unpaired) electrons. The molecule has 0 spiro atoms. The van der Waals surface area contributed by atoms with Gasteiger partial charge in [-0.25, -0.2) is 0 Å². The van der Waals surface area contributed by atoms with Gasteiger partial charge in [-0.3, -0.25) is 4.79 Å². The van der Waals surface area contributed by atoms with Gasteiger partial charge in [0.25, 0.3) is 0 Å². The van der Waals surface area contributed by atoms with E-state index in [9.17, 15) is 18.0 Å². The predicted molar refractivity (Wildman–Crippen MR) is 53.7 cm³/mol. The van der Waals surface area contributed by atoms with Crippen LogP contribution in [-0.4, -0.2) is 23.7 Å². The van der Waals surface area contributed by atoms with E-state index in [-0.39, 0.29) is 25.3 Å². The summed E-state index contributed by atoms with van der Waals surface area (Å²) < 4.78 is 37.4. The highest BCUT2D eigenvalue weighted by atomic mass is 19.4. The molecule has 1 amide bonds. The Balaban J connectivity index is 2.30. The zero-order valence-electron chi connectivity index (χ0n) is 9.23. The topological polar surface area (TPSA) is 55.1 Å². The molecule has 3 N–H and O–H groups in total. The maximum Gasteiger partial charge on any atom is 0.411 e. The van der Waals surface area contributed by atoms with Gasteiger partial charge in [0.1, 0.15) is 5.54 Å². The first kappa shape index (κ1) is 13.3. The second-order valence-corrected chi connectivity index (χ2v) is 4.50. The summed E-state index contributed by atoms with van der Waals surface area (Å²) in [6.45, 7) is 1.80. The van der Waals surface area contributed by atoms with Gasteiger partial charge in [0.05, 0.1) is 0 Å². The average Bonchev–Trinajstić information content (AvgIpc) is 2.83. The molecule has 1 atom stereocenters. The minimum Gasteiger partial charge on any atom is -0.342 e. The first-order chi connectivity index (χ1) is 7.27. The highest BCUT2D eigenvalue weighted by molar-refractivity contribution is 5.77. The van der Waals surface area contributed by atoms with Crippen LogP contribution in [0.2, 0.25) is 0 Å². The Labute approximate surface area is 92.6 Å². The number of carbonyl (C=O) groups excluding carboxylic acids is 1. The van der Waals surface area contributed by atoms with E-state index in [0.29, 0.717) is 12.8 Å². The van der Waals surface area contributed by atoms with Crippen molar-refractivity contribution in [3.8, 4) is 0 Å². The van der Waals surface area contributed by atoms with Crippen LogP contribution in [0.1, 0.15) is 39.0 Å². The van der Waals surface area contributed by atoms with Crippen molar-refractivity contribution in [1.29, 1.82) is 0 Å². The molecule has 1 unspecified atom stereocenters. The fourth-order valence-corrected chi connectivity index (χ4v) is 1.52. The van der Waals surface area contributed by atoms with Crippen molar-refractivity contribution in [3.63, 3.8) is 0 Å². The number of rotatable bonds is 5. The van der Waals surface area contributed by atoms with Crippen molar-refractivity contribution < 1.29 is 18.0 Å². The van der Waals surface area contributed by atoms with Crippen LogP contribution in [-0.2, 0) is 4.79 Å². The maximum absolute atomic E-state index is 12.5. The zero-order valence-corrected chi connectivity index (χ0v) is 9.23. The minimum absolute atomic E-state index is 0.00443. The van der Waals surface area contributed by atoms with Crippen LogP contribution in [0, 0.1) is 0 Å². The molecule has 1 saturated carbocycles. The lowest BCUT2D eigenvalue weighted by Crippen LogP contribution is -2.47. The molecular formula is C10H17F3N2O. The third kappa shape index (κ3) is 3.37. The summed E-state index contributed by atoms with van der Waals surface area (Å²) in [5, 5.41) is 2.08. The second kappa shape index (κ2) is 4.61. The molecule has 1 aliphatic rings. The third-order valence-corrected chi connectivity index (χ3v) is 2.73. The lowest BCUT2D eigenvalue weighted by atomic mass is 10.1. The molecule has 16 heavy (non-hydrogen) atoms. The van der Waals surface area contributed by atoms with Gasteiger partial charge in [-0.05, 0) is 32.6 Å². The first-order valence-corrected chi connectivity index (χ1v) is 5.40. The molecule has 0 aliphatic heterocycles. The van der Waals surface area contributed by atoms with Crippen LogP contribution in [0.3, 0.4) is 0 Å². The number of carbonyl (C=O) groups is 1. The summed E-state index contributed by atoms with van der Waals surface area (Å²) >= 11 is 0. The SMILES string of the molecule is CC(N)CCCC(=O)NC1(C(F)(F)F)CC1. The standard InChI is InChI=1S/C10H17F3N2O/c1-7(14)3-2-4-8(16)15-9(5-6-9)10(11,12)13/h7H,2-6,14H2,1H3,(H,15,16). The van der Waals surface area contributed by atoms with Crippen molar-refractivity contribution in [2.24, 2.45) is 5.73 Å². The predicted octanol–water partition coefficient (Wildman–Crippen LogP) is 1.71. The summed E-state index contributed by atoms with van der Waals surface area (Å²) in [4.78, 5) is 11.3. The normalized spacial score (nSPS) is 20.3. The van der Waals surface area contributed by atoms with E-state index < -0.39 is 17.6 Å². The first-order valence-electron chi connectivity index (χ1n) is 5.40. The molecule has 3 nitrogen and oxygen atoms in total. The molecule has 6 heteroatoms. The van der Waals surface area contributed by atoms with Crippen molar-refractivity contribution >= 4 is 5.91 Å². The molecule has 0 aromatic carbocycles. The average molecular weight is 238 g/mol. The Bertz CT molecular complexity index is 259. The number of hydrogen-bond donors (Lipinski definition) is 2. The second-order valence-electron chi connectivity index (χ2n) is 4.50. The molecule has 1 fully saturated rings. The summed E-state index contributed by atoms with van der Waals surface area (Å²) in [6.07, 6.45) is -3.06. The molecule has 0 bridgehead atoms. The van der Waals surface area contributed by atoms with Crippen LogP contribution < -0.4 is 11.1 Å². The summed E-state index contributed by atoms with van der Waals surface area (Å²) in [5.74, 6) is -0.532. The van der Waals surface area contributed by atoms with Crippen LogP contribution in [0.15, 0.2) is 0 Å². The lowest BCUT2D eigenvalue weighted by molar-refractivity contribution is -0.170. The maximum atomic E-state index is 12.5. The van der Waals surface area contributed by atoms with Crippen molar-refractivity contribution in [2.75, 3.05) is 0 Å². The van der Waals surface area contributed by atoms with Crippen LogP contribution in [0.25, 0.3) is 0 Å². The lowest BCUT2D eigenvalue weighted by Gasteiger charge is -2.20. The van der Waals surface area contributed by atoms with E-state index in [1.54, 1.807) is 6.92 Å². The van der Waals surface area contributed by atoms with Gasteiger partial charge in [-0.1, -0.05) is 0 Å². The zero-order chi connectivity index (χ0) is 12.4. The fraction of sp³-hybridized carbons (Fsp3) is 0.900. The molecular weight excluding hydrogens is 221 g/mol. The van der Waals surface area contributed by atoms with E-state index >= 15 is 0 Å². The highest BCUT2D eigenvalue weighted by Crippen LogP contribution is 2.48. The van der Waals surface area contributed by atoms with Gasteiger partial charge < -0.3 is 11.1 Å². The van der Waals surface area contributed by atoms with Crippen molar-refractivity contribution in [1.82, 2.24) is 5.32 Å². The molecule has 94 valence electrons. The van der Waals surface area contributed by atoms with E-state index in [1.807, 2.05) is 0 Å². The van der Waals surface area contributed by atoms with Crippen LogP contribution in [0.5, 0.6) is 0 Å². The van der Waals surface area contributed by atoms with E-state index in [2.05, 4.69) is 5.32 Å². The number of amides is 1. The number of nitrogens with two attached hydrogens (primary N) is 1. The van der Waals surface area contributed by atoms with Gasteiger partial charge in [0, 0.05) is 12.5 Å². The molecule has 1 aliphatic carbocycles. The molecule has 0 aromatic heterocycles. The highest BCUT2D eigenvalue weighted by Gasteiger charge is 2.64. The Morgan fingerprint density at radius 2 is 2.06 bits per heavy atom. The minimum atomic E-state index is -4.33. The number of halogens is 3. The van der Waals surface area contributed by atoms with E-state index in [4.69, 9.17) is 5.73 Å². The number of hydrogen-bond acceptors (Lipinski definition) is 2. The van der Waals surface area contributed by atoms with Crippen molar-refractivity contribution in [3.05, 3.63) is 0 Å². The Kier molecular flexibility index (Phi) is 3.83. The van der Waals surface area contributed by atoms with Crippen LogP contribution in [0.4, 0.5) is 13.2 Å². The van der Waals surface area contributed by atoms with Gasteiger partial charge in [-0.2, -0.15) is 13.2 Å². The molecule has 0 aromatic rings. The fourth-order valence-electron chi connectivity index (χ4n) is 1.52. The van der Waals surface area contributed by atoms with Gasteiger partial charge in [-0.15, -0.1) is 0 Å². The molecule has 0 saturated heterocycles. The largest absolute Gasteiger partial charge is 0.411 e. The van der Waals surface area contributed by atoms with Gasteiger partial charge in [0.2, 0.25) is 5.91 Å². The Hall–Kier alpha value is -0.780. The molecule has 1 rings (SSSR count). The monoisotopic (exact) mass is 238 g/mol. The number of alkyl halides is 3. The smallest absolute Gasteiger partial charge is 0.342 e. The van der Waals surface area contributed by atoms with Crippen molar-refractivity contribution in [2.45, 2.75) is 56.8 Å².